The lowest BCUT2D eigenvalue weighted by atomic mass is 10.8. The van der Waals surface area contributed by atoms with Gasteiger partial charge in [-0.1, -0.05) is 8.93 Å². The van der Waals surface area contributed by atoms with E-state index in [4.69, 9.17) is 0 Å². The molecule has 1 aromatic rings. The summed E-state index contributed by atoms with van der Waals surface area (Å²) in [5.74, 6) is 0.978. The first-order valence-corrected chi connectivity index (χ1v) is 6.70. The second-order valence-electron chi connectivity index (χ2n) is 1.47. The van der Waals surface area contributed by atoms with Crippen LogP contribution in [-0.4, -0.2) is 10.2 Å². The fourth-order valence-electron chi connectivity index (χ4n) is 0.443. The Morgan fingerprint density at radius 3 is 2.89 bits per heavy atom. The average molecular weight is 272 g/mol. The zero-order chi connectivity index (χ0) is 6.69. The number of halogens is 1. The van der Waals surface area contributed by atoms with E-state index in [1.165, 1.54) is 0 Å². The van der Waals surface area contributed by atoms with E-state index in [1.807, 2.05) is 6.92 Å². The molecule has 0 saturated carbocycles. The minimum absolute atomic E-state index is 0.978. The molecule has 0 radical (unpaired) electrons. The van der Waals surface area contributed by atoms with Crippen LogP contribution in [0, 0.1) is 6.92 Å². The van der Waals surface area contributed by atoms with Gasteiger partial charge in [0.25, 0.3) is 0 Å². The largest absolute Gasteiger partial charge is 0.144 e. The lowest BCUT2D eigenvalue weighted by Gasteiger charge is -1.81. The molecule has 0 N–H and O–H groups in total. The maximum absolute atomic E-state index is 3.95. The predicted molar refractivity (Wildman–Crippen MR) is 50.0 cm³/mol. The van der Waals surface area contributed by atoms with Gasteiger partial charge in [0.15, 0.2) is 0 Å². The fourth-order valence-corrected chi connectivity index (χ4v) is 3.03. The van der Waals surface area contributed by atoms with Crippen molar-refractivity contribution in [3.8, 4) is 0 Å². The summed E-state index contributed by atoms with van der Waals surface area (Å²) in [4.78, 5) is 0. The lowest BCUT2D eigenvalue weighted by Crippen LogP contribution is -1.74. The molecule has 0 spiro atoms. The Morgan fingerprint density at radius 1 is 1.67 bits per heavy atom. The Hall–Kier alpha value is 0.640. The van der Waals surface area contributed by atoms with E-state index in [2.05, 4.69) is 31.4 Å². The van der Waals surface area contributed by atoms with Crippen LogP contribution in [0.5, 0.6) is 0 Å². The van der Waals surface area contributed by atoms with Crippen molar-refractivity contribution in [3.63, 3.8) is 0 Å². The highest BCUT2D eigenvalue weighted by Crippen LogP contribution is 2.20. The van der Waals surface area contributed by atoms with Crippen LogP contribution in [0.4, 0.5) is 0 Å². The third kappa shape index (κ3) is 2.38. The Balaban J connectivity index is 2.61. The fraction of sp³-hybridized carbons (Fsp3) is 0.500. The van der Waals surface area contributed by atoms with Crippen molar-refractivity contribution in [2.24, 2.45) is 0 Å². The van der Waals surface area contributed by atoms with Gasteiger partial charge in [-0.05, 0) is 28.1 Å². The van der Waals surface area contributed by atoms with E-state index in [1.54, 1.807) is 20.3 Å². The van der Waals surface area contributed by atoms with Crippen LogP contribution in [0.1, 0.15) is 10.0 Å². The first-order valence-electron chi connectivity index (χ1n) is 2.35. The van der Waals surface area contributed by atoms with Gasteiger partial charge in [0.05, 0.1) is 5.75 Å². The summed E-state index contributed by atoms with van der Waals surface area (Å²) in [6.45, 7) is 1.97. The summed E-state index contributed by atoms with van der Waals surface area (Å²) in [7, 11) is 1.75. The normalized spacial score (nSPS) is 10.0. The minimum Gasteiger partial charge on any atom is -0.144 e. The van der Waals surface area contributed by atoms with Crippen LogP contribution in [0.3, 0.4) is 0 Å². The number of aryl methyl sites for hydroxylation is 1. The zero-order valence-electron chi connectivity index (χ0n) is 4.80. The standard InChI is InChI=1S/C4H5IN2S2/c1-3-6-7-4(9-3)2-8-5/h2H2,1H3. The van der Waals surface area contributed by atoms with Crippen molar-refractivity contribution in [2.45, 2.75) is 12.7 Å². The van der Waals surface area contributed by atoms with E-state index in [0.29, 0.717) is 0 Å². The van der Waals surface area contributed by atoms with Gasteiger partial charge in [0, 0.05) is 0 Å². The van der Waals surface area contributed by atoms with E-state index in [9.17, 15) is 0 Å². The van der Waals surface area contributed by atoms with Gasteiger partial charge in [-0.15, -0.1) is 21.5 Å². The molecule has 0 aromatic carbocycles. The van der Waals surface area contributed by atoms with Gasteiger partial charge in [-0.3, -0.25) is 0 Å². The van der Waals surface area contributed by atoms with Gasteiger partial charge in [0.2, 0.25) is 0 Å². The Bertz CT molecular complexity index is 188. The third-order valence-electron chi connectivity index (χ3n) is 0.746. The maximum Gasteiger partial charge on any atom is 0.128 e. The van der Waals surface area contributed by atoms with Crippen molar-refractivity contribution in [1.82, 2.24) is 10.2 Å². The number of nitrogens with zero attached hydrogens (tertiary/aromatic N) is 2. The molecule has 1 rings (SSSR count). The van der Waals surface area contributed by atoms with Crippen molar-refractivity contribution in [2.75, 3.05) is 0 Å². The first kappa shape index (κ1) is 7.74. The topological polar surface area (TPSA) is 25.8 Å². The molecule has 0 aliphatic carbocycles. The van der Waals surface area contributed by atoms with Gasteiger partial charge < -0.3 is 0 Å². The molecule has 1 heterocycles. The van der Waals surface area contributed by atoms with E-state index >= 15 is 0 Å². The molecule has 0 aliphatic heterocycles. The minimum atomic E-state index is 0.978. The zero-order valence-corrected chi connectivity index (χ0v) is 8.59. The van der Waals surface area contributed by atoms with E-state index in [0.717, 1.165) is 15.8 Å². The lowest BCUT2D eigenvalue weighted by molar-refractivity contribution is 1.01. The van der Waals surface area contributed by atoms with Gasteiger partial charge in [0.1, 0.15) is 10.0 Å². The quantitative estimate of drug-likeness (QED) is 0.773. The summed E-state index contributed by atoms with van der Waals surface area (Å²) in [6, 6.07) is 0. The SMILES string of the molecule is Cc1nnc(CSI)s1. The Morgan fingerprint density at radius 2 is 2.44 bits per heavy atom. The third-order valence-corrected chi connectivity index (χ3v) is 3.08. The number of hydrogen-bond donors (Lipinski definition) is 0. The average Bonchev–Trinajstić information content (AvgIpc) is 2.17. The van der Waals surface area contributed by atoms with Crippen molar-refractivity contribution < 1.29 is 0 Å². The monoisotopic (exact) mass is 272 g/mol. The number of rotatable bonds is 2. The van der Waals surface area contributed by atoms with Gasteiger partial charge >= 0.3 is 0 Å². The van der Waals surface area contributed by atoms with Crippen LogP contribution in [0.25, 0.3) is 0 Å². The molecule has 9 heavy (non-hydrogen) atoms. The Kier molecular flexibility index (Phi) is 3.20. The summed E-state index contributed by atoms with van der Waals surface area (Å²) < 4.78 is 0. The first-order chi connectivity index (χ1) is 4.33. The molecular formula is C4H5IN2S2. The second-order valence-corrected chi connectivity index (χ2v) is 5.11. The molecule has 1 aromatic heterocycles. The smallest absolute Gasteiger partial charge is 0.128 e. The second kappa shape index (κ2) is 3.72. The molecule has 0 atom stereocenters. The van der Waals surface area contributed by atoms with Crippen molar-refractivity contribution >= 4 is 41.5 Å². The molecule has 50 valence electrons. The highest BCUT2D eigenvalue weighted by Gasteiger charge is 1.97. The van der Waals surface area contributed by atoms with Crippen LogP contribution in [0.2, 0.25) is 0 Å². The molecule has 0 unspecified atom stereocenters. The van der Waals surface area contributed by atoms with Crippen molar-refractivity contribution in [1.29, 1.82) is 0 Å². The molecule has 5 heteroatoms. The number of aromatic nitrogens is 2. The molecule has 0 bridgehead atoms. The molecular weight excluding hydrogens is 267 g/mol. The summed E-state index contributed by atoms with van der Waals surface area (Å²) in [6.07, 6.45) is 0. The van der Waals surface area contributed by atoms with Crippen LogP contribution < -0.4 is 0 Å². The number of hydrogen-bond acceptors (Lipinski definition) is 4. The maximum atomic E-state index is 3.95. The highest BCUT2D eigenvalue weighted by atomic mass is 127. The summed E-state index contributed by atoms with van der Waals surface area (Å²) in [5, 5.41) is 10.0. The summed E-state index contributed by atoms with van der Waals surface area (Å²) in [5.41, 5.74) is 0. The van der Waals surface area contributed by atoms with E-state index < -0.39 is 0 Å². The van der Waals surface area contributed by atoms with Crippen LogP contribution in [0.15, 0.2) is 0 Å². The van der Waals surface area contributed by atoms with Crippen LogP contribution >= 0.6 is 41.5 Å². The van der Waals surface area contributed by atoms with E-state index in [-0.39, 0.29) is 0 Å². The predicted octanol–water partition coefficient (Wildman–Crippen LogP) is 2.43. The molecule has 2 nitrogen and oxygen atoms in total. The highest BCUT2D eigenvalue weighted by molar-refractivity contribution is 14.2. The molecule has 0 fully saturated rings. The Labute approximate surface area is 74.0 Å². The molecule has 0 saturated heterocycles. The van der Waals surface area contributed by atoms with Gasteiger partial charge in [-0.25, -0.2) is 0 Å². The molecule has 0 amide bonds. The van der Waals surface area contributed by atoms with Crippen LogP contribution in [-0.2, 0) is 5.75 Å². The van der Waals surface area contributed by atoms with Gasteiger partial charge in [-0.2, -0.15) is 0 Å². The summed E-state index contributed by atoms with van der Waals surface area (Å²) >= 11 is 3.92. The molecule has 0 aliphatic rings. The van der Waals surface area contributed by atoms with Crippen molar-refractivity contribution in [3.05, 3.63) is 10.0 Å².